The van der Waals surface area contributed by atoms with E-state index in [0.29, 0.717) is 35.2 Å². The minimum atomic E-state index is -0.381. The van der Waals surface area contributed by atoms with Crippen LogP contribution in [0.1, 0.15) is 17.5 Å². The molecule has 4 heteroatoms. The summed E-state index contributed by atoms with van der Waals surface area (Å²) in [6.45, 7) is 0.318. The molecule has 0 amide bonds. The molecular formula is C17H13Cl2FO. The molecule has 0 saturated carbocycles. The molecule has 0 aliphatic rings. The molecule has 2 aromatic rings. The van der Waals surface area contributed by atoms with Crippen LogP contribution in [0.2, 0.25) is 5.02 Å². The standard InChI is InChI=1S/C17H13Cl2FO/c18-7-2-1-4-13-9-16(20)11-17(10-13)21-12-14-5-3-6-15(19)8-14/h3,5-6,8-11H,2,7,12H2. The minimum Gasteiger partial charge on any atom is -0.489 e. The fraction of sp³-hybridized carbons (Fsp3) is 0.176. The topological polar surface area (TPSA) is 9.23 Å². The summed E-state index contributed by atoms with van der Waals surface area (Å²) < 4.78 is 19.1. The van der Waals surface area contributed by atoms with Gasteiger partial charge in [0.2, 0.25) is 0 Å². The second-order valence-electron chi connectivity index (χ2n) is 4.33. The number of halogens is 3. The van der Waals surface area contributed by atoms with Gasteiger partial charge < -0.3 is 4.74 Å². The maximum Gasteiger partial charge on any atom is 0.128 e. The molecule has 0 fully saturated rings. The van der Waals surface area contributed by atoms with E-state index in [1.807, 2.05) is 18.2 Å². The van der Waals surface area contributed by atoms with Crippen molar-refractivity contribution in [3.63, 3.8) is 0 Å². The van der Waals surface area contributed by atoms with E-state index in [1.165, 1.54) is 12.1 Å². The van der Waals surface area contributed by atoms with Crippen molar-refractivity contribution in [2.75, 3.05) is 5.88 Å². The molecule has 0 aliphatic heterocycles. The molecule has 2 rings (SSSR count). The molecular weight excluding hydrogens is 310 g/mol. The normalized spacial score (nSPS) is 9.86. The number of benzene rings is 2. The van der Waals surface area contributed by atoms with Gasteiger partial charge in [0.05, 0.1) is 0 Å². The van der Waals surface area contributed by atoms with Gasteiger partial charge in [-0.25, -0.2) is 4.39 Å². The second kappa shape index (κ2) is 7.93. The van der Waals surface area contributed by atoms with Gasteiger partial charge in [-0.1, -0.05) is 35.6 Å². The Hall–Kier alpha value is -1.69. The van der Waals surface area contributed by atoms with Crippen molar-refractivity contribution >= 4 is 23.2 Å². The highest BCUT2D eigenvalue weighted by Gasteiger charge is 2.02. The zero-order valence-corrected chi connectivity index (χ0v) is 12.7. The number of alkyl halides is 1. The van der Waals surface area contributed by atoms with Crippen LogP contribution in [-0.4, -0.2) is 5.88 Å². The van der Waals surface area contributed by atoms with Crippen LogP contribution in [0.5, 0.6) is 5.75 Å². The van der Waals surface area contributed by atoms with Crippen molar-refractivity contribution in [2.45, 2.75) is 13.0 Å². The summed E-state index contributed by atoms with van der Waals surface area (Å²) in [6, 6.07) is 11.7. The maximum atomic E-state index is 13.5. The Bertz CT molecular complexity index is 674. The fourth-order valence-corrected chi connectivity index (χ4v) is 2.03. The average Bonchev–Trinajstić information content (AvgIpc) is 2.45. The molecule has 21 heavy (non-hydrogen) atoms. The monoisotopic (exact) mass is 322 g/mol. The average molecular weight is 323 g/mol. The number of ether oxygens (including phenoxy) is 1. The molecule has 108 valence electrons. The lowest BCUT2D eigenvalue weighted by molar-refractivity contribution is 0.304. The highest BCUT2D eigenvalue weighted by atomic mass is 35.5. The molecule has 0 atom stereocenters. The summed E-state index contributed by atoms with van der Waals surface area (Å²) in [6.07, 6.45) is 0.566. The van der Waals surface area contributed by atoms with E-state index >= 15 is 0 Å². The second-order valence-corrected chi connectivity index (χ2v) is 5.15. The first-order valence-corrected chi connectivity index (χ1v) is 7.31. The van der Waals surface area contributed by atoms with Crippen molar-refractivity contribution in [3.05, 3.63) is 64.4 Å². The summed E-state index contributed by atoms with van der Waals surface area (Å²) in [4.78, 5) is 0. The Balaban J connectivity index is 2.08. The predicted octanol–water partition coefficient (Wildman–Crippen LogP) is 5.04. The molecule has 0 aliphatic carbocycles. The SMILES string of the molecule is Fc1cc(C#CCCCl)cc(OCc2cccc(Cl)c2)c1. The van der Waals surface area contributed by atoms with E-state index in [4.69, 9.17) is 27.9 Å². The fourth-order valence-electron chi connectivity index (χ4n) is 1.72. The lowest BCUT2D eigenvalue weighted by atomic mass is 10.2. The highest BCUT2D eigenvalue weighted by molar-refractivity contribution is 6.30. The lowest BCUT2D eigenvalue weighted by Gasteiger charge is -2.07. The zero-order chi connectivity index (χ0) is 15.1. The van der Waals surface area contributed by atoms with Crippen LogP contribution in [0.4, 0.5) is 4.39 Å². The van der Waals surface area contributed by atoms with Crippen molar-refractivity contribution in [1.82, 2.24) is 0 Å². The van der Waals surface area contributed by atoms with E-state index in [-0.39, 0.29) is 5.82 Å². The highest BCUT2D eigenvalue weighted by Crippen LogP contribution is 2.18. The van der Waals surface area contributed by atoms with Crippen LogP contribution >= 0.6 is 23.2 Å². The van der Waals surface area contributed by atoms with E-state index < -0.39 is 0 Å². The van der Waals surface area contributed by atoms with Gasteiger partial charge in [-0.05, 0) is 29.8 Å². The molecule has 1 nitrogen and oxygen atoms in total. The molecule has 0 unspecified atom stereocenters. The van der Waals surface area contributed by atoms with Gasteiger partial charge in [0.1, 0.15) is 18.2 Å². The van der Waals surface area contributed by atoms with Crippen molar-refractivity contribution in [1.29, 1.82) is 0 Å². The molecule has 0 aromatic heterocycles. The van der Waals surface area contributed by atoms with E-state index in [2.05, 4.69) is 11.8 Å². The summed E-state index contributed by atoms with van der Waals surface area (Å²) >= 11 is 11.5. The summed E-state index contributed by atoms with van der Waals surface area (Å²) in [5, 5.41) is 0.642. The van der Waals surface area contributed by atoms with E-state index in [1.54, 1.807) is 12.1 Å². The van der Waals surface area contributed by atoms with Crippen molar-refractivity contribution in [3.8, 4) is 17.6 Å². The molecule has 0 radical (unpaired) electrons. The van der Waals surface area contributed by atoms with Crippen LogP contribution in [0.25, 0.3) is 0 Å². The maximum absolute atomic E-state index is 13.5. The van der Waals surface area contributed by atoms with Crippen molar-refractivity contribution < 1.29 is 9.13 Å². The summed E-state index contributed by atoms with van der Waals surface area (Å²) in [5.74, 6) is 6.24. The van der Waals surface area contributed by atoms with E-state index in [0.717, 1.165) is 5.56 Å². The van der Waals surface area contributed by atoms with Gasteiger partial charge in [-0.3, -0.25) is 0 Å². The van der Waals surface area contributed by atoms with Crippen LogP contribution in [-0.2, 0) is 6.61 Å². The Morgan fingerprint density at radius 3 is 2.76 bits per heavy atom. The van der Waals surface area contributed by atoms with Crippen molar-refractivity contribution in [2.24, 2.45) is 0 Å². The molecule has 0 N–H and O–H groups in total. The van der Waals surface area contributed by atoms with Crippen LogP contribution < -0.4 is 4.74 Å². The Kier molecular flexibility index (Phi) is 5.92. The van der Waals surface area contributed by atoms with Gasteiger partial charge >= 0.3 is 0 Å². The molecule has 0 bridgehead atoms. The summed E-state index contributed by atoms with van der Waals surface area (Å²) in [7, 11) is 0. The van der Waals surface area contributed by atoms with Gasteiger partial charge in [0, 0.05) is 29.0 Å². The number of hydrogen-bond acceptors (Lipinski definition) is 1. The molecule has 2 aromatic carbocycles. The molecule has 0 spiro atoms. The third-order valence-electron chi connectivity index (χ3n) is 2.62. The predicted molar refractivity (Wildman–Crippen MR) is 84.4 cm³/mol. The van der Waals surface area contributed by atoms with E-state index in [9.17, 15) is 4.39 Å². The molecule has 0 saturated heterocycles. The van der Waals surface area contributed by atoms with Gasteiger partial charge in [0.25, 0.3) is 0 Å². The lowest BCUT2D eigenvalue weighted by Crippen LogP contribution is -1.96. The first-order chi connectivity index (χ1) is 10.2. The van der Waals surface area contributed by atoms with Gasteiger partial charge in [-0.2, -0.15) is 0 Å². The minimum absolute atomic E-state index is 0.318. The van der Waals surface area contributed by atoms with Crippen LogP contribution in [0.3, 0.4) is 0 Å². The number of rotatable bonds is 4. The third-order valence-corrected chi connectivity index (χ3v) is 3.04. The quantitative estimate of drug-likeness (QED) is 0.566. The smallest absolute Gasteiger partial charge is 0.128 e. The Morgan fingerprint density at radius 1 is 1.14 bits per heavy atom. The third kappa shape index (κ3) is 5.30. The number of hydrogen-bond donors (Lipinski definition) is 0. The summed E-state index contributed by atoms with van der Waals surface area (Å²) in [5.41, 5.74) is 1.49. The Morgan fingerprint density at radius 2 is 2.00 bits per heavy atom. The molecule has 0 heterocycles. The largest absolute Gasteiger partial charge is 0.489 e. The van der Waals surface area contributed by atoms with Crippen LogP contribution in [0.15, 0.2) is 42.5 Å². The first-order valence-electron chi connectivity index (χ1n) is 6.40. The zero-order valence-electron chi connectivity index (χ0n) is 11.2. The Labute approximate surface area is 133 Å². The van der Waals surface area contributed by atoms with Gasteiger partial charge in [-0.15, -0.1) is 11.6 Å². The van der Waals surface area contributed by atoms with Gasteiger partial charge in [0.15, 0.2) is 0 Å². The van der Waals surface area contributed by atoms with Crippen LogP contribution in [0, 0.1) is 17.7 Å². The first kappa shape index (κ1) is 15.7.